The Morgan fingerprint density at radius 1 is 1.71 bits per heavy atom. The minimum Gasteiger partial charge on any atom is -0.378 e. The normalized spacial score (nSPS) is 18.4. The molecule has 1 aromatic rings. The van der Waals surface area contributed by atoms with Crippen LogP contribution in [0.25, 0.3) is 0 Å². The van der Waals surface area contributed by atoms with Crippen molar-refractivity contribution < 1.29 is 4.74 Å². The average molecular weight is 212 g/mol. The van der Waals surface area contributed by atoms with Crippen LogP contribution in [-0.2, 0) is 11.3 Å². The number of nitrogens with one attached hydrogen (secondary N) is 1. The van der Waals surface area contributed by atoms with Crippen molar-refractivity contribution in [3.8, 4) is 0 Å². The highest BCUT2D eigenvalue weighted by Gasteiger charge is 2.29. The highest BCUT2D eigenvalue weighted by molar-refractivity contribution is 7.71. The molecule has 1 atom stereocenters. The third-order valence-corrected chi connectivity index (χ3v) is 3.13. The minimum absolute atomic E-state index is 0.508. The van der Waals surface area contributed by atoms with E-state index < -0.39 is 0 Å². The second-order valence-electron chi connectivity index (χ2n) is 4.00. The number of rotatable bonds is 4. The lowest BCUT2D eigenvalue weighted by molar-refractivity contribution is 0.180. The molecule has 1 aliphatic rings. The van der Waals surface area contributed by atoms with Crippen LogP contribution in [0.2, 0.25) is 0 Å². The van der Waals surface area contributed by atoms with Gasteiger partial charge in [-0.05, 0) is 31.7 Å². The van der Waals surface area contributed by atoms with Crippen molar-refractivity contribution in [2.24, 2.45) is 5.92 Å². The summed E-state index contributed by atoms with van der Waals surface area (Å²) < 4.78 is 8.03. The summed E-state index contributed by atoms with van der Waals surface area (Å²) in [6.07, 6.45) is 2.67. The second kappa shape index (κ2) is 3.87. The molecule has 1 aliphatic carbocycles. The predicted molar refractivity (Wildman–Crippen MR) is 57.8 cm³/mol. The summed E-state index contributed by atoms with van der Waals surface area (Å²) in [6, 6.07) is 2.49. The predicted octanol–water partition coefficient (Wildman–Crippen LogP) is 2.66. The molecule has 4 heteroatoms. The van der Waals surface area contributed by atoms with E-state index in [0.717, 1.165) is 16.3 Å². The third-order valence-electron chi connectivity index (χ3n) is 2.81. The molecule has 0 aliphatic heterocycles. The molecule has 0 aromatic carbocycles. The van der Waals surface area contributed by atoms with E-state index in [1.165, 1.54) is 12.8 Å². The summed E-state index contributed by atoms with van der Waals surface area (Å²) in [5.74, 6) is 0.816. The molecule has 1 saturated carbocycles. The van der Waals surface area contributed by atoms with Gasteiger partial charge in [0.25, 0.3) is 0 Å². The van der Waals surface area contributed by atoms with Gasteiger partial charge < -0.3 is 4.74 Å². The molecule has 0 amide bonds. The van der Waals surface area contributed by atoms with Gasteiger partial charge in [0.2, 0.25) is 0 Å². The van der Waals surface area contributed by atoms with Gasteiger partial charge >= 0.3 is 0 Å². The lowest BCUT2D eigenvalue weighted by Crippen LogP contribution is -2.09. The van der Waals surface area contributed by atoms with E-state index in [1.54, 1.807) is 7.11 Å². The van der Waals surface area contributed by atoms with Gasteiger partial charge in [-0.15, -0.1) is 0 Å². The minimum atomic E-state index is 0.508. The largest absolute Gasteiger partial charge is 0.378 e. The molecule has 14 heavy (non-hydrogen) atoms. The molecular weight excluding hydrogens is 196 g/mol. The molecular formula is C10H16N2OS. The van der Waals surface area contributed by atoms with Gasteiger partial charge in [-0.2, -0.15) is 0 Å². The van der Waals surface area contributed by atoms with Crippen LogP contribution in [-0.4, -0.2) is 16.9 Å². The van der Waals surface area contributed by atoms with E-state index in [1.807, 2.05) is 6.07 Å². The number of H-pyrrole nitrogens is 1. The topological polar surface area (TPSA) is 29.9 Å². The Labute approximate surface area is 89.1 Å². The maximum absolute atomic E-state index is 5.29. The number of aromatic amines is 1. The Morgan fingerprint density at radius 3 is 3.00 bits per heavy atom. The second-order valence-corrected chi connectivity index (χ2v) is 4.42. The maximum Gasteiger partial charge on any atom is 0.122 e. The van der Waals surface area contributed by atoms with Gasteiger partial charge in [-0.25, -0.2) is 0 Å². The van der Waals surface area contributed by atoms with Crippen molar-refractivity contribution in [1.29, 1.82) is 0 Å². The van der Waals surface area contributed by atoms with Gasteiger partial charge in [0.05, 0.1) is 18.3 Å². The van der Waals surface area contributed by atoms with Gasteiger partial charge in [0.15, 0.2) is 0 Å². The van der Waals surface area contributed by atoms with Crippen molar-refractivity contribution in [3.05, 3.63) is 16.4 Å². The lowest BCUT2D eigenvalue weighted by Gasteiger charge is -2.11. The van der Waals surface area contributed by atoms with E-state index in [2.05, 4.69) is 16.7 Å². The Hall–Kier alpha value is -0.610. The standard InChI is InChI=1S/C10H16N2OS/c1-7(8-3-4-8)12-10(14)5-9(11-12)6-13-2/h5,7-8,11H,3-4,6H2,1-2H3. The summed E-state index contributed by atoms with van der Waals surface area (Å²) in [7, 11) is 1.69. The number of nitrogens with zero attached hydrogens (tertiary/aromatic N) is 1. The summed E-state index contributed by atoms with van der Waals surface area (Å²) >= 11 is 5.29. The summed E-state index contributed by atoms with van der Waals surface area (Å²) in [5.41, 5.74) is 1.06. The average Bonchev–Trinajstić information content (AvgIpc) is 2.91. The molecule has 1 fully saturated rings. The molecule has 3 nitrogen and oxygen atoms in total. The van der Waals surface area contributed by atoms with Gasteiger partial charge in [0, 0.05) is 7.11 Å². The van der Waals surface area contributed by atoms with Crippen LogP contribution in [0.4, 0.5) is 0 Å². The van der Waals surface area contributed by atoms with Crippen LogP contribution in [0.5, 0.6) is 0 Å². The van der Waals surface area contributed by atoms with Crippen LogP contribution in [0.1, 0.15) is 31.5 Å². The van der Waals surface area contributed by atoms with Crippen LogP contribution < -0.4 is 0 Å². The van der Waals surface area contributed by atoms with Crippen molar-refractivity contribution in [2.45, 2.75) is 32.4 Å². The third kappa shape index (κ3) is 1.91. The number of hydrogen-bond donors (Lipinski definition) is 1. The van der Waals surface area contributed by atoms with E-state index in [9.17, 15) is 0 Å². The van der Waals surface area contributed by atoms with E-state index in [4.69, 9.17) is 17.0 Å². The Bertz CT molecular complexity index is 364. The molecule has 2 rings (SSSR count). The van der Waals surface area contributed by atoms with Crippen LogP contribution >= 0.6 is 12.2 Å². The fourth-order valence-electron chi connectivity index (χ4n) is 1.78. The highest BCUT2D eigenvalue weighted by atomic mass is 32.1. The first kappa shape index (κ1) is 9.93. The molecule has 0 bridgehead atoms. The first-order valence-electron chi connectivity index (χ1n) is 5.01. The van der Waals surface area contributed by atoms with Crippen molar-refractivity contribution >= 4 is 12.2 Å². The first-order valence-corrected chi connectivity index (χ1v) is 5.42. The Balaban J connectivity index is 2.19. The van der Waals surface area contributed by atoms with Crippen LogP contribution in [0, 0.1) is 10.6 Å². The zero-order valence-electron chi connectivity index (χ0n) is 8.62. The van der Waals surface area contributed by atoms with Crippen LogP contribution in [0.3, 0.4) is 0 Å². The van der Waals surface area contributed by atoms with Gasteiger partial charge in [0.1, 0.15) is 4.64 Å². The maximum atomic E-state index is 5.29. The molecule has 1 N–H and O–H groups in total. The summed E-state index contributed by atoms with van der Waals surface area (Å²) in [4.78, 5) is 0. The smallest absolute Gasteiger partial charge is 0.122 e. The van der Waals surface area contributed by atoms with E-state index in [-0.39, 0.29) is 0 Å². The first-order chi connectivity index (χ1) is 6.72. The number of hydrogen-bond acceptors (Lipinski definition) is 2. The monoisotopic (exact) mass is 212 g/mol. The zero-order chi connectivity index (χ0) is 10.1. The fourth-order valence-corrected chi connectivity index (χ4v) is 2.14. The van der Waals surface area contributed by atoms with Crippen LogP contribution in [0.15, 0.2) is 6.07 Å². The number of methoxy groups -OCH3 is 1. The zero-order valence-corrected chi connectivity index (χ0v) is 9.43. The van der Waals surface area contributed by atoms with Crippen molar-refractivity contribution in [3.63, 3.8) is 0 Å². The molecule has 0 saturated heterocycles. The van der Waals surface area contributed by atoms with E-state index in [0.29, 0.717) is 12.6 Å². The fraction of sp³-hybridized carbons (Fsp3) is 0.700. The number of aromatic nitrogens is 2. The Kier molecular flexibility index (Phi) is 2.74. The molecule has 0 spiro atoms. The molecule has 1 aromatic heterocycles. The number of ether oxygens (including phenoxy) is 1. The highest BCUT2D eigenvalue weighted by Crippen LogP contribution is 2.39. The van der Waals surface area contributed by atoms with E-state index >= 15 is 0 Å². The quantitative estimate of drug-likeness (QED) is 0.778. The molecule has 1 heterocycles. The van der Waals surface area contributed by atoms with Gasteiger partial charge in [-0.1, -0.05) is 12.2 Å². The summed E-state index contributed by atoms with van der Waals surface area (Å²) in [6.45, 7) is 2.83. The summed E-state index contributed by atoms with van der Waals surface area (Å²) in [5, 5.41) is 3.29. The Morgan fingerprint density at radius 2 is 2.43 bits per heavy atom. The van der Waals surface area contributed by atoms with Gasteiger partial charge in [-0.3, -0.25) is 9.78 Å². The molecule has 1 unspecified atom stereocenters. The molecule has 0 radical (unpaired) electrons. The van der Waals surface area contributed by atoms with Crippen molar-refractivity contribution in [2.75, 3.05) is 7.11 Å². The SMILES string of the molecule is COCc1cc(=S)n(C(C)C2CC2)[nH]1. The van der Waals surface area contributed by atoms with Crippen molar-refractivity contribution in [1.82, 2.24) is 9.78 Å². The molecule has 78 valence electrons. The lowest BCUT2D eigenvalue weighted by atomic mass is 10.2.